The summed E-state index contributed by atoms with van der Waals surface area (Å²) in [6.45, 7) is 4.11. The number of carbonyl (C=O) groups excluding carboxylic acids is 3. The molecule has 0 saturated heterocycles. The Morgan fingerprint density at radius 2 is 1.47 bits per heavy atom. The minimum atomic E-state index is -0.737. The number of urea groups is 1. The van der Waals surface area contributed by atoms with E-state index in [2.05, 4.69) is 10.7 Å². The first-order valence-electron chi connectivity index (χ1n) is 11.7. The van der Waals surface area contributed by atoms with Crippen molar-refractivity contribution in [3.05, 3.63) is 71.8 Å². The molecule has 2 aromatic rings. The second kappa shape index (κ2) is 14.0. The Hall–Kier alpha value is -3.39. The van der Waals surface area contributed by atoms with Gasteiger partial charge in [-0.1, -0.05) is 74.5 Å². The Bertz CT molecular complexity index is 906. The van der Waals surface area contributed by atoms with E-state index in [0.717, 1.165) is 17.5 Å². The van der Waals surface area contributed by atoms with E-state index < -0.39 is 29.7 Å². The normalized spacial score (nSPS) is 12.5. The van der Waals surface area contributed by atoms with Gasteiger partial charge in [-0.25, -0.2) is 15.3 Å². The maximum absolute atomic E-state index is 13.4. The molecule has 8 heteroatoms. The van der Waals surface area contributed by atoms with E-state index in [9.17, 15) is 19.6 Å². The standard InChI is InChI=1S/C26H36N4O4/c1-19(2)17-23(22(25(32)29-34)16-10-15-20-11-6-4-7-12-20)24(31)28-30(26(33)27-3)18-21-13-8-5-9-14-21/h4-9,11-14,19,22-23,34H,10,15-18H2,1-3H3,(H,27,33)(H,28,31)(H,29,32)/t22?,23-/m1/s1. The number of carbonyl (C=O) groups is 3. The Morgan fingerprint density at radius 3 is 2.00 bits per heavy atom. The van der Waals surface area contributed by atoms with Crippen LogP contribution in [0.2, 0.25) is 0 Å². The van der Waals surface area contributed by atoms with Crippen molar-refractivity contribution in [1.29, 1.82) is 0 Å². The quantitative estimate of drug-likeness (QED) is 0.298. The molecule has 2 aromatic carbocycles. The van der Waals surface area contributed by atoms with Crippen molar-refractivity contribution >= 4 is 17.8 Å². The fraction of sp³-hybridized carbons (Fsp3) is 0.423. The van der Waals surface area contributed by atoms with Crippen molar-refractivity contribution in [2.75, 3.05) is 7.05 Å². The third-order valence-electron chi connectivity index (χ3n) is 5.71. The third kappa shape index (κ3) is 8.51. The maximum atomic E-state index is 13.4. The molecule has 0 fully saturated rings. The molecule has 4 amide bonds. The van der Waals surface area contributed by atoms with Gasteiger partial charge in [0.1, 0.15) is 0 Å². The summed E-state index contributed by atoms with van der Waals surface area (Å²) in [5, 5.41) is 13.1. The van der Waals surface area contributed by atoms with Crippen LogP contribution in [0.5, 0.6) is 0 Å². The first kappa shape index (κ1) is 26.9. The molecule has 2 atom stereocenters. The van der Waals surface area contributed by atoms with E-state index in [1.54, 1.807) is 5.48 Å². The number of hydrazine groups is 1. The fourth-order valence-corrected chi connectivity index (χ4v) is 4.01. The van der Waals surface area contributed by atoms with E-state index in [4.69, 9.17) is 0 Å². The van der Waals surface area contributed by atoms with Crippen molar-refractivity contribution in [3.8, 4) is 0 Å². The average Bonchev–Trinajstić information content (AvgIpc) is 2.85. The molecule has 4 N–H and O–H groups in total. The molecule has 0 aliphatic carbocycles. The molecule has 0 aromatic heterocycles. The number of hydroxylamine groups is 1. The van der Waals surface area contributed by atoms with Crippen molar-refractivity contribution in [3.63, 3.8) is 0 Å². The highest BCUT2D eigenvalue weighted by Gasteiger charge is 2.35. The fourth-order valence-electron chi connectivity index (χ4n) is 4.01. The second-order valence-corrected chi connectivity index (χ2v) is 8.80. The molecule has 0 radical (unpaired) electrons. The van der Waals surface area contributed by atoms with Gasteiger partial charge < -0.3 is 5.32 Å². The number of rotatable bonds is 11. The van der Waals surface area contributed by atoms with E-state index in [1.807, 2.05) is 74.5 Å². The van der Waals surface area contributed by atoms with Gasteiger partial charge in [0, 0.05) is 7.05 Å². The monoisotopic (exact) mass is 468 g/mol. The van der Waals surface area contributed by atoms with Crippen LogP contribution in [0.1, 0.15) is 44.2 Å². The third-order valence-corrected chi connectivity index (χ3v) is 5.71. The topological polar surface area (TPSA) is 111 Å². The van der Waals surface area contributed by atoms with Crippen LogP contribution in [-0.2, 0) is 22.6 Å². The number of aryl methyl sites for hydroxylation is 1. The zero-order valence-electron chi connectivity index (χ0n) is 20.2. The van der Waals surface area contributed by atoms with E-state index in [0.29, 0.717) is 19.3 Å². The molecule has 2 rings (SSSR count). The minimum Gasteiger partial charge on any atom is -0.340 e. The summed E-state index contributed by atoms with van der Waals surface area (Å²) in [5.41, 5.74) is 6.44. The number of amides is 4. The lowest BCUT2D eigenvalue weighted by molar-refractivity contribution is -0.142. The van der Waals surface area contributed by atoms with Crippen LogP contribution in [0.4, 0.5) is 4.79 Å². The van der Waals surface area contributed by atoms with Crippen LogP contribution in [0.3, 0.4) is 0 Å². The summed E-state index contributed by atoms with van der Waals surface area (Å²) in [4.78, 5) is 38.5. The maximum Gasteiger partial charge on any atom is 0.336 e. The lowest BCUT2D eigenvalue weighted by atomic mass is 9.81. The van der Waals surface area contributed by atoms with Crippen LogP contribution in [0, 0.1) is 17.8 Å². The Labute approximate surface area is 201 Å². The lowest BCUT2D eigenvalue weighted by Crippen LogP contribution is -2.53. The van der Waals surface area contributed by atoms with Gasteiger partial charge in [-0.2, -0.15) is 0 Å². The van der Waals surface area contributed by atoms with Gasteiger partial charge in [0.05, 0.1) is 18.4 Å². The van der Waals surface area contributed by atoms with Crippen molar-refractivity contribution in [2.45, 2.75) is 46.1 Å². The summed E-state index contributed by atoms with van der Waals surface area (Å²) in [7, 11) is 1.49. The summed E-state index contributed by atoms with van der Waals surface area (Å²) >= 11 is 0. The Balaban J connectivity index is 2.19. The van der Waals surface area contributed by atoms with Crippen LogP contribution >= 0.6 is 0 Å². The van der Waals surface area contributed by atoms with Gasteiger partial charge in [0.25, 0.3) is 0 Å². The molecule has 184 valence electrons. The minimum absolute atomic E-state index is 0.126. The van der Waals surface area contributed by atoms with E-state index in [-0.39, 0.29) is 12.5 Å². The van der Waals surface area contributed by atoms with Gasteiger partial charge in [-0.05, 0) is 42.7 Å². The molecule has 0 heterocycles. The highest BCUT2D eigenvalue weighted by molar-refractivity contribution is 5.88. The second-order valence-electron chi connectivity index (χ2n) is 8.80. The molecule has 34 heavy (non-hydrogen) atoms. The van der Waals surface area contributed by atoms with E-state index in [1.165, 1.54) is 12.1 Å². The molecule has 1 unspecified atom stereocenters. The predicted octanol–water partition coefficient (Wildman–Crippen LogP) is 3.67. The number of nitrogens with one attached hydrogen (secondary N) is 3. The van der Waals surface area contributed by atoms with Gasteiger partial charge in [-0.3, -0.25) is 20.2 Å². The first-order chi connectivity index (χ1) is 16.3. The van der Waals surface area contributed by atoms with Crippen LogP contribution in [0.25, 0.3) is 0 Å². The summed E-state index contributed by atoms with van der Waals surface area (Å²) < 4.78 is 0. The predicted molar refractivity (Wildman–Crippen MR) is 130 cm³/mol. The van der Waals surface area contributed by atoms with Gasteiger partial charge in [-0.15, -0.1) is 0 Å². The Kier molecular flexibility index (Phi) is 11.1. The molecular weight excluding hydrogens is 432 g/mol. The molecular formula is C26H36N4O4. The molecule has 0 saturated carbocycles. The summed E-state index contributed by atoms with van der Waals surface area (Å²) in [6, 6.07) is 18.7. The van der Waals surface area contributed by atoms with Crippen LogP contribution < -0.4 is 16.2 Å². The first-order valence-corrected chi connectivity index (χ1v) is 11.7. The summed E-state index contributed by atoms with van der Waals surface area (Å²) in [5.74, 6) is -2.35. The number of hydrogen-bond donors (Lipinski definition) is 4. The highest BCUT2D eigenvalue weighted by Crippen LogP contribution is 2.26. The SMILES string of the molecule is CNC(=O)N(Cc1ccccc1)NC(=O)[C@H](CC(C)C)C(CCCc1ccccc1)C(=O)NO. The average molecular weight is 469 g/mol. The zero-order valence-corrected chi connectivity index (χ0v) is 20.2. The van der Waals surface area contributed by atoms with Gasteiger partial charge in [0.15, 0.2) is 0 Å². The molecule has 0 aliphatic rings. The molecule has 8 nitrogen and oxygen atoms in total. The molecule has 0 bridgehead atoms. The van der Waals surface area contributed by atoms with E-state index >= 15 is 0 Å². The van der Waals surface area contributed by atoms with Crippen LogP contribution in [-0.4, -0.2) is 35.1 Å². The largest absolute Gasteiger partial charge is 0.340 e. The molecule has 0 spiro atoms. The van der Waals surface area contributed by atoms with Gasteiger partial charge in [0.2, 0.25) is 11.8 Å². The Morgan fingerprint density at radius 1 is 0.882 bits per heavy atom. The number of nitrogens with zero attached hydrogens (tertiary/aromatic N) is 1. The van der Waals surface area contributed by atoms with Crippen molar-refractivity contribution in [2.24, 2.45) is 17.8 Å². The number of benzene rings is 2. The van der Waals surface area contributed by atoms with Crippen molar-refractivity contribution in [1.82, 2.24) is 21.2 Å². The highest BCUT2D eigenvalue weighted by atomic mass is 16.5. The summed E-state index contributed by atoms with van der Waals surface area (Å²) in [6.07, 6.45) is 2.28. The molecule has 0 aliphatic heterocycles. The zero-order chi connectivity index (χ0) is 24.9. The van der Waals surface area contributed by atoms with Crippen LogP contribution in [0.15, 0.2) is 60.7 Å². The van der Waals surface area contributed by atoms with Crippen molar-refractivity contribution < 1.29 is 19.6 Å². The number of hydrogen-bond acceptors (Lipinski definition) is 4. The lowest BCUT2D eigenvalue weighted by Gasteiger charge is -2.30. The smallest absolute Gasteiger partial charge is 0.336 e. The van der Waals surface area contributed by atoms with Gasteiger partial charge >= 0.3 is 6.03 Å².